The summed E-state index contributed by atoms with van der Waals surface area (Å²) in [6, 6.07) is 9.46. The van der Waals surface area contributed by atoms with Crippen molar-refractivity contribution in [2.24, 2.45) is 0 Å². The SMILES string of the molecule is COC(C)(C)O[C@@H]1C[C@@H](COc2ccc3cc(Cl)cnc3c2)O[C@H]1n1ccc2c(Cl)ncnc21. The van der Waals surface area contributed by atoms with Gasteiger partial charge in [0.2, 0.25) is 0 Å². The topological polar surface area (TPSA) is 80.5 Å². The third-order valence-electron chi connectivity index (χ3n) is 5.86. The van der Waals surface area contributed by atoms with E-state index in [0.29, 0.717) is 34.6 Å². The van der Waals surface area contributed by atoms with Gasteiger partial charge in [-0.05, 0) is 38.1 Å². The molecule has 0 unspecified atom stereocenters. The Morgan fingerprint density at radius 3 is 2.82 bits per heavy atom. The van der Waals surface area contributed by atoms with Gasteiger partial charge in [-0.3, -0.25) is 4.98 Å². The first-order chi connectivity index (χ1) is 16.3. The van der Waals surface area contributed by atoms with Crippen molar-refractivity contribution < 1.29 is 18.9 Å². The summed E-state index contributed by atoms with van der Waals surface area (Å²) in [5, 5.41) is 2.69. The minimum Gasteiger partial charge on any atom is -0.491 e. The average molecular weight is 503 g/mol. The van der Waals surface area contributed by atoms with Gasteiger partial charge in [0.15, 0.2) is 12.0 Å². The maximum absolute atomic E-state index is 6.40. The van der Waals surface area contributed by atoms with Gasteiger partial charge in [0, 0.05) is 37.4 Å². The molecule has 1 aliphatic heterocycles. The maximum Gasteiger partial charge on any atom is 0.162 e. The molecule has 1 fully saturated rings. The van der Waals surface area contributed by atoms with E-state index in [2.05, 4.69) is 15.0 Å². The van der Waals surface area contributed by atoms with Crippen LogP contribution in [0, 0.1) is 0 Å². The Balaban J connectivity index is 1.36. The van der Waals surface area contributed by atoms with Gasteiger partial charge < -0.3 is 23.5 Å². The maximum atomic E-state index is 6.40. The molecule has 8 nitrogen and oxygen atoms in total. The van der Waals surface area contributed by atoms with Crippen LogP contribution in [0.5, 0.6) is 5.75 Å². The van der Waals surface area contributed by atoms with Crippen molar-refractivity contribution in [2.45, 2.75) is 44.5 Å². The molecule has 3 aromatic heterocycles. The highest BCUT2D eigenvalue weighted by molar-refractivity contribution is 6.33. The first-order valence-electron chi connectivity index (χ1n) is 10.9. The van der Waals surface area contributed by atoms with Crippen LogP contribution in [0.2, 0.25) is 10.2 Å². The lowest BCUT2D eigenvalue weighted by molar-refractivity contribution is -0.237. The molecule has 0 radical (unpaired) electrons. The molecule has 0 bridgehead atoms. The van der Waals surface area contributed by atoms with Crippen LogP contribution in [0.3, 0.4) is 0 Å². The molecule has 0 aliphatic carbocycles. The van der Waals surface area contributed by atoms with Crippen molar-refractivity contribution in [3.8, 4) is 5.75 Å². The average Bonchev–Trinajstić information content (AvgIpc) is 3.42. The first kappa shape index (κ1) is 23.3. The van der Waals surface area contributed by atoms with Gasteiger partial charge in [0.05, 0.1) is 22.0 Å². The molecule has 1 aliphatic rings. The number of fused-ring (bicyclic) bond motifs is 2. The Kier molecular flexibility index (Phi) is 6.35. The molecule has 1 aromatic carbocycles. The fraction of sp³-hybridized carbons (Fsp3) is 0.375. The van der Waals surface area contributed by atoms with E-state index in [0.717, 1.165) is 16.3 Å². The van der Waals surface area contributed by atoms with Crippen molar-refractivity contribution in [2.75, 3.05) is 13.7 Å². The Labute approximate surface area is 206 Å². The molecule has 0 saturated carbocycles. The van der Waals surface area contributed by atoms with Gasteiger partial charge in [-0.1, -0.05) is 23.2 Å². The van der Waals surface area contributed by atoms with Gasteiger partial charge in [-0.25, -0.2) is 9.97 Å². The molecule has 3 atom stereocenters. The van der Waals surface area contributed by atoms with Crippen LogP contribution in [0.4, 0.5) is 0 Å². The second kappa shape index (κ2) is 9.28. The highest BCUT2D eigenvalue weighted by atomic mass is 35.5. The lowest BCUT2D eigenvalue weighted by atomic mass is 10.2. The first-order valence-corrected chi connectivity index (χ1v) is 11.6. The summed E-state index contributed by atoms with van der Waals surface area (Å²) in [5.41, 5.74) is 1.49. The summed E-state index contributed by atoms with van der Waals surface area (Å²) >= 11 is 12.3. The van der Waals surface area contributed by atoms with E-state index in [1.54, 1.807) is 13.3 Å². The third-order valence-corrected chi connectivity index (χ3v) is 6.37. The highest BCUT2D eigenvalue weighted by Crippen LogP contribution is 2.37. The van der Waals surface area contributed by atoms with Crippen molar-refractivity contribution >= 4 is 45.1 Å². The van der Waals surface area contributed by atoms with Crippen LogP contribution < -0.4 is 4.74 Å². The van der Waals surface area contributed by atoms with Crippen LogP contribution in [0.1, 0.15) is 26.5 Å². The number of rotatable bonds is 7. The fourth-order valence-electron chi connectivity index (χ4n) is 4.09. The minimum atomic E-state index is -0.789. The van der Waals surface area contributed by atoms with Crippen LogP contribution in [0.25, 0.3) is 21.9 Å². The van der Waals surface area contributed by atoms with E-state index in [4.69, 9.17) is 42.1 Å². The predicted molar refractivity (Wildman–Crippen MR) is 129 cm³/mol. The van der Waals surface area contributed by atoms with Gasteiger partial charge >= 0.3 is 0 Å². The number of pyridine rings is 1. The van der Waals surface area contributed by atoms with E-state index >= 15 is 0 Å². The van der Waals surface area contributed by atoms with Gasteiger partial charge in [-0.2, -0.15) is 0 Å². The molecule has 0 spiro atoms. The highest BCUT2D eigenvalue weighted by Gasteiger charge is 2.41. The Bertz CT molecular complexity index is 1330. The van der Waals surface area contributed by atoms with E-state index in [1.165, 1.54) is 6.33 Å². The molecule has 0 N–H and O–H groups in total. The Morgan fingerprint density at radius 1 is 1.15 bits per heavy atom. The van der Waals surface area contributed by atoms with Gasteiger partial charge in [-0.15, -0.1) is 0 Å². The lowest BCUT2D eigenvalue weighted by Gasteiger charge is -2.30. The van der Waals surface area contributed by atoms with E-state index in [1.807, 2.05) is 54.9 Å². The molecule has 10 heteroatoms. The van der Waals surface area contributed by atoms with E-state index < -0.39 is 12.0 Å². The number of hydrogen-bond acceptors (Lipinski definition) is 7. The number of nitrogens with zero attached hydrogens (tertiary/aromatic N) is 4. The molecular weight excluding hydrogens is 479 g/mol. The second-order valence-corrected chi connectivity index (χ2v) is 9.38. The number of methoxy groups -OCH3 is 1. The fourth-order valence-corrected chi connectivity index (χ4v) is 4.44. The third kappa shape index (κ3) is 4.69. The van der Waals surface area contributed by atoms with Crippen LogP contribution in [0.15, 0.2) is 49.1 Å². The van der Waals surface area contributed by atoms with Crippen LogP contribution >= 0.6 is 23.2 Å². The zero-order valence-electron chi connectivity index (χ0n) is 18.9. The van der Waals surface area contributed by atoms with Gasteiger partial charge in [0.1, 0.15) is 35.6 Å². The standard InChI is InChI=1S/C24H24Cl2N4O4/c1-24(2,31-3)34-20-10-17(12-32-16-5-4-14-8-15(25)11-27-19(14)9-16)33-23(20)30-7-6-18-21(26)28-13-29-22(18)30/h4-9,11,13,17,20,23H,10,12H2,1-3H3/t17-,20+,23+/m0/s1. The van der Waals surface area contributed by atoms with Crippen molar-refractivity contribution in [1.29, 1.82) is 0 Å². The number of aromatic nitrogens is 4. The smallest absolute Gasteiger partial charge is 0.162 e. The summed E-state index contributed by atoms with van der Waals surface area (Å²) in [5.74, 6) is -0.0851. The summed E-state index contributed by atoms with van der Waals surface area (Å²) in [4.78, 5) is 12.8. The monoisotopic (exact) mass is 502 g/mol. The predicted octanol–water partition coefficient (Wildman–Crippen LogP) is 5.42. The molecule has 5 rings (SSSR count). The Hall–Kier alpha value is -2.49. The molecule has 4 heterocycles. The van der Waals surface area contributed by atoms with Crippen molar-refractivity contribution in [3.63, 3.8) is 0 Å². The zero-order valence-corrected chi connectivity index (χ0v) is 20.5. The summed E-state index contributed by atoms with van der Waals surface area (Å²) in [6.45, 7) is 4.09. The molecule has 34 heavy (non-hydrogen) atoms. The molecule has 178 valence electrons. The van der Waals surface area contributed by atoms with Crippen LogP contribution in [-0.4, -0.2) is 51.2 Å². The number of ether oxygens (including phenoxy) is 4. The van der Waals surface area contributed by atoms with Crippen molar-refractivity contribution in [1.82, 2.24) is 19.5 Å². The van der Waals surface area contributed by atoms with E-state index in [9.17, 15) is 0 Å². The number of halogens is 2. The summed E-state index contributed by atoms with van der Waals surface area (Å²) < 4.78 is 26.2. The lowest BCUT2D eigenvalue weighted by Crippen LogP contribution is -2.35. The number of benzene rings is 1. The number of hydrogen-bond donors (Lipinski definition) is 0. The normalized spacial score (nSPS) is 20.9. The summed E-state index contributed by atoms with van der Waals surface area (Å²) in [6.07, 6.45) is 4.60. The minimum absolute atomic E-state index is 0.216. The van der Waals surface area contributed by atoms with E-state index in [-0.39, 0.29) is 12.2 Å². The molecule has 1 saturated heterocycles. The molecule has 4 aromatic rings. The zero-order chi connectivity index (χ0) is 23.9. The molecular formula is C24H24Cl2N4O4. The Morgan fingerprint density at radius 2 is 2.00 bits per heavy atom. The summed E-state index contributed by atoms with van der Waals surface area (Å²) in [7, 11) is 1.62. The second-order valence-electron chi connectivity index (χ2n) is 8.59. The van der Waals surface area contributed by atoms with Crippen LogP contribution in [-0.2, 0) is 14.2 Å². The molecule has 0 amide bonds. The van der Waals surface area contributed by atoms with Crippen molar-refractivity contribution in [3.05, 3.63) is 59.2 Å². The van der Waals surface area contributed by atoms with Gasteiger partial charge in [0.25, 0.3) is 0 Å². The largest absolute Gasteiger partial charge is 0.491 e. The quantitative estimate of drug-likeness (QED) is 0.246.